The summed E-state index contributed by atoms with van der Waals surface area (Å²) in [4.78, 5) is 16.3. The van der Waals surface area contributed by atoms with Crippen molar-refractivity contribution in [1.82, 2.24) is 9.55 Å². The van der Waals surface area contributed by atoms with E-state index in [1.165, 1.54) is 16.8 Å². The third-order valence-corrected chi connectivity index (χ3v) is 11.8. The number of hydrogen-bond acceptors (Lipinski definition) is 7. The molecule has 0 spiro atoms. The smallest absolute Gasteiger partial charge is 0.351 e. The molecule has 0 bridgehead atoms. The molecular formula is C15H27N3O5Si. The fraction of sp³-hybridized carbons (Fsp3) is 0.733. The summed E-state index contributed by atoms with van der Waals surface area (Å²) < 4.78 is 7.24. The fourth-order valence-electron chi connectivity index (χ4n) is 3.17. The molecule has 2 heterocycles. The lowest BCUT2D eigenvalue weighted by Gasteiger charge is -2.51. The van der Waals surface area contributed by atoms with Gasteiger partial charge < -0.3 is 25.8 Å². The maximum Gasteiger partial charge on any atom is 0.351 e. The van der Waals surface area contributed by atoms with Crippen LogP contribution in [0.3, 0.4) is 0 Å². The predicted octanol–water partition coefficient (Wildman–Crippen LogP) is -0.361. The molecule has 0 amide bonds. The molecular weight excluding hydrogens is 330 g/mol. The Morgan fingerprint density at radius 3 is 2.42 bits per heavy atom. The van der Waals surface area contributed by atoms with Gasteiger partial charge in [0.2, 0.25) is 0 Å². The van der Waals surface area contributed by atoms with Crippen LogP contribution in [-0.2, 0) is 10.1 Å². The Morgan fingerprint density at radius 2 is 2.00 bits per heavy atom. The molecule has 1 fully saturated rings. The lowest BCUT2D eigenvalue weighted by atomic mass is 10.1. The molecule has 0 saturated carbocycles. The van der Waals surface area contributed by atoms with Crippen molar-refractivity contribution in [2.75, 3.05) is 12.3 Å². The van der Waals surface area contributed by atoms with E-state index in [4.69, 9.17) is 10.5 Å². The van der Waals surface area contributed by atoms with Gasteiger partial charge >= 0.3 is 5.69 Å². The summed E-state index contributed by atoms with van der Waals surface area (Å²) in [5, 5.41) is 29.0. The van der Waals surface area contributed by atoms with Gasteiger partial charge in [0.05, 0.1) is 6.61 Å². The van der Waals surface area contributed by atoms with E-state index in [-0.39, 0.29) is 10.9 Å². The second-order valence-corrected chi connectivity index (χ2v) is 13.3. The van der Waals surface area contributed by atoms with Gasteiger partial charge in [-0.25, -0.2) is 4.79 Å². The van der Waals surface area contributed by atoms with Crippen LogP contribution in [0.15, 0.2) is 17.1 Å². The molecule has 0 aromatic carbocycles. The van der Waals surface area contributed by atoms with Gasteiger partial charge in [-0.15, -0.1) is 0 Å². The largest absolute Gasteiger partial charge is 0.394 e. The van der Waals surface area contributed by atoms with Crippen molar-refractivity contribution < 1.29 is 20.1 Å². The van der Waals surface area contributed by atoms with Gasteiger partial charge in [-0.3, -0.25) is 4.57 Å². The normalized spacial score (nSPS) is 31.4. The van der Waals surface area contributed by atoms with E-state index in [0.29, 0.717) is 0 Å². The lowest BCUT2D eigenvalue weighted by Crippen LogP contribution is -2.68. The third-order valence-electron chi connectivity index (χ3n) is 5.57. The van der Waals surface area contributed by atoms with Crippen molar-refractivity contribution in [1.29, 1.82) is 0 Å². The number of aromatic nitrogens is 2. The zero-order chi connectivity index (χ0) is 18.5. The summed E-state index contributed by atoms with van der Waals surface area (Å²) in [6.07, 6.45) is -2.24. The molecule has 1 aromatic rings. The minimum Gasteiger partial charge on any atom is -0.394 e. The molecule has 24 heavy (non-hydrogen) atoms. The summed E-state index contributed by atoms with van der Waals surface area (Å²) in [7, 11) is -2.64. The molecule has 1 aromatic heterocycles. The highest BCUT2D eigenvalue weighted by atomic mass is 28.3. The van der Waals surface area contributed by atoms with E-state index >= 15 is 0 Å². The zero-order valence-electron chi connectivity index (χ0n) is 14.7. The number of nitrogen functional groups attached to an aromatic ring is 1. The molecule has 0 aliphatic carbocycles. The second kappa shape index (κ2) is 5.92. The summed E-state index contributed by atoms with van der Waals surface area (Å²) in [6, 6.07) is 1.45. The van der Waals surface area contributed by atoms with Crippen LogP contribution in [-0.4, -0.2) is 57.9 Å². The zero-order valence-corrected chi connectivity index (χ0v) is 15.7. The average molecular weight is 357 g/mol. The molecule has 4 atom stereocenters. The quantitative estimate of drug-likeness (QED) is 0.543. The van der Waals surface area contributed by atoms with Gasteiger partial charge in [-0.1, -0.05) is 33.9 Å². The van der Waals surface area contributed by atoms with Crippen LogP contribution < -0.4 is 11.4 Å². The van der Waals surface area contributed by atoms with Gasteiger partial charge in [0, 0.05) is 6.20 Å². The van der Waals surface area contributed by atoms with Gasteiger partial charge in [0.1, 0.15) is 32.2 Å². The Bertz CT molecular complexity index is 672. The molecule has 5 N–H and O–H groups in total. The van der Waals surface area contributed by atoms with Crippen molar-refractivity contribution in [3.63, 3.8) is 0 Å². The number of nitrogens with two attached hydrogens (primary N) is 1. The first-order valence-corrected chi connectivity index (χ1v) is 10.9. The van der Waals surface area contributed by atoms with Crippen LogP contribution >= 0.6 is 0 Å². The van der Waals surface area contributed by atoms with Crippen molar-refractivity contribution >= 4 is 13.9 Å². The Hall–Kier alpha value is -1.26. The highest BCUT2D eigenvalue weighted by molar-refractivity contribution is 6.82. The average Bonchev–Trinajstić information content (AvgIpc) is 2.72. The number of rotatable bonds is 3. The maximum absolute atomic E-state index is 12.5. The van der Waals surface area contributed by atoms with Crippen LogP contribution in [0.2, 0.25) is 18.1 Å². The Kier molecular flexibility index (Phi) is 4.70. The topological polar surface area (TPSA) is 131 Å². The van der Waals surface area contributed by atoms with Crippen LogP contribution in [0.1, 0.15) is 20.8 Å². The van der Waals surface area contributed by atoms with Crippen molar-refractivity contribution in [3.05, 3.63) is 22.7 Å². The predicted molar refractivity (Wildman–Crippen MR) is 92.1 cm³/mol. The summed E-state index contributed by atoms with van der Waals surface area (Å²) in [5.41, 5.74) is 4.91. The monoisotopic (exact) mass is 357 g/mol. The number of hydrogen-bond donors (Lipinski definition) is 4. The summed E-state index contributed by atoms with van der Waals surface area (Å²) >= 11 is 0. The Balaban J connectivity index is 2.79. The van der Waals surface area contributed by atoms with E-state index in [1.54, 1.807) is 0 Å². The molecule has 0 unspecified atom stereocenters. The van der Waals surface area contributed by atoms with Gasteiger partial charge in [0.15, 0.2) is 5.35 Å². The first-order valence-electron chi connectivity index (χ1n) is 7.90. The Morgan fingerprint density at radius 1 is 1.42 bits per heavy atom. The molecule has 2 rings (SSSR count). The molecule has 0 radical (unpaired) electrons. The van der Waals surface area contributed by atoms with E-state index in [1.807, 2.05) is 33.9 Å². The highest BCUT2D eigenvalue weighted by Gasteiger charge is 2.67. The van der Waals surface area contributed by atoms with Crippen LogP contribution in [0, 0.1) is 0 Å². The van der Waals surface area contributed by atoms with E-state index in [9.17, 15) is 20.1 Å². The molecule has 8 nitrogen and oxygen atoms in total. The fourth-order valence-corrected chi connectivity index (χ4v) is 6.38. The van der Waals surface area contributed by atoms with Crippen LogP contribution in [0.25, 0.3) is 0 Å². The number of anilines is 1. The molecule has 9 heteroatoms. The van der Waals surface area contributed by atoms with Crippen LogP contribution in [0.5, 0.6) is 0 Å². The second-order valence-electron chi connectivity index (χ2n) is 7.85. The van der Waals surface area contributed by atoms with E-state index in [0.717, 1.165) is 0 Å². The van der Waals surface area contributed by atoms with Gasteiger partial charge in [0.25, 0.3) is 0 Å². The number of aliphatic hydroxyl groups is 3. The first-order chi connectivity index (χ1) is 10.9. The molecule has 1 saturated heterocycles. The van der Waals surface area contributed by atoms with Crippen molar-refractivity contribution in [3.8, 4) is 0 Å². The molecule has 1 aliphatic rings. The molecule has 1 aliphatic heterocycles. The third kappa shape index (κ3) is 2.51. The highest BCUT2D eigenvalue weighted by Crippen LogP contribution is 2.51. The minimum atomic E-state index is -2.64. The number of nitrogens with zero attached hydrogens (tertiary/aromatic N) is 2. The lowest BCUT2D eigenvalue weighted by molar-refractivity contribution is -0.0995. The molecule has 136 valence electrons. The summed E-state index contributed by atoms with van der Waals surface area (Å²) in [6.45, 7) is 9.51. The Labute approximate surface area is 141 Å². The van der Waals surface area contributed by atoms with Gasteiger partial charge in [-0.05, 0) is 11.1 Å². The first kappa shape index (κ1) is 19.1. The van der Waals surface area contributed by atoms with E-state index < -0.39 is 44.0 Å². The van der Waals surface area contributed by atoms with Crippen LogP contribution in [0.4, 0.5) is 5.82 Å². The maximum atomic E-state index is 12.5. The SMILES string of the molecule is CC(C)(C)[Si](C)(C)[C@@]1(n2ccc(N)nc2=O)O[C@H](CO)[C@@H](O)[C@H]1O. The van der Waals surface area contributed by atoms with Crippen molar-refractivity contribution in [2.24, 2.45) is 0 Å². The van der Waals surface area contributed by atoms with Crippen molar-refractivity contribution in [2.45, 2.75) is 62.6 Å². The minimum absolute atomic E-state index is 0.0633. The standard InChI is InChI=1S/C15H27N3O5Si/c1-14(2,3)24(4,5)15(12(21)11(20)9(8-19)23-15)18-7-6-10(16)17-13(18)22/h6-7,9,11-12,19-21H,8H2,1-5H3,(H2,16,17,22)/t9-,11-,12-,15+/m1/s1. The van der Waals surface area contributed by atoms with E-state index in [2.05, 4.69) is 4.98 Å². The number of aliphatic hydroxyl groups excluding tert-OH is 3. The van der Waals surface area contributed by atoms with Gasteiger partial charge in [-0.2, -0.15) is 4.98 Å². The number of ether oxygens (including phenoxy) is 1. The summed E-state index contributed by atoms with van der Waals surface area (Å²) in [5.74, 6) is 0.0633.